The maximum Gasteiger partial charge on any atom is 0.190 e. The Bertz CT molecular complexity index is 714. The number of fused-ring (bicyclic) bond motifs is 1. The van der Waals surface area contributed by atoms with Gasteiger partial charge in [0.15, 0.2) is 5.96 Å². The summed E-state index contributed by atoms with van der Waals surface area (Å²) in [5.74, 6) is 0.898. The van der Waals surface area contributed by atoms with E-state index < -0.39 is 0 Å². The molecule has 0 bridgehead atoms. The summed E-state index contributed by atoms with van der Waals surface area (Å²) in [4.78, 5) is 12.7. The molecular weight excluding hydrogens is 336 g/mol. The van der Waals surface area contributed by atoms with E-state index in [0.717, 1.165) is 25.5 Å². The quantitative estimate of drug-likeness (QED) is 0.377. The summed E-state index contributed by atoms with van der Waals surface area (Å²) in [5.41, 5.74) is 2.55. The SMILES string of the molecule is CN=C(NCCCCN1CCN(C)CC1)NCCc1c[nH]c2ccccc12. The van der Waals surface area contributed by atoms with Crippen LogP contribution in [0.1, 0.15) is 18.4 Å². The van der Waals surface area contributed by atoms with Crippen molar-refractivity contribution in [2.24, 2.45) is 4.99 Å². The van der Waals surface area contributed by atoms with Gasteiger partial charge >= 0.3 is 0 Å². The number of nitrogens with zero attached hydrogens (tertiary/aromatic N) is 3. The number of para-hydroxylation sites is 1. The first kappa shape index (κ1) is 19.7. The first-order valence-corrected chi connectivity index (χ1v) is 10.2. The van der Waals surface area contributed by atoms with Gasteiger partial charge in [0, 0.05) is 63.4 Å². The van der Waals surface area contributed by atoms with E-state index in [1.54, 1.807) is 0 Å². The van der Waals surface area contributed by atoms with Crippen molar-refractivity contribution in [2.45, 2.75) is 19.3 Å². The zero-order valence-corrected chi connectivity index (χ0v) is 16.8. The van der Waals surface area contributed by atoms with E-state index in [0.29, 0.717) is 0 Å². The molecule has 3 rings (SSSR count). The van der Waals surface area contributed by atoms with Crippen molar-refractivity contribution >= 4 is 16.9 Å². The zero-order valence-electron chi connectivity index (χ0n) is 16.8. The summed E-state index contributed by atoms with van der Waals surface area (Å²) in [7, 11) is 4.05. The molecule has 1 aromatic carbocycles. The van der Waals surface area contributed by atoms with Gasteiger partial charge in [0.2, 0.25) is 0 Å². The summed E-state index contributed by atoms with van der Waals surface area (Å²) in [5, 5.41) is 8.17. The molecule has 6 heteroatoms. The topological polar surface area (TPSA) is 58.7 Å². The van der Waals surface area contributed by atoms with E-state index in [2.05, 4.69) is 67.9 Å². The Hall–Kier alpha value is -2.05. The lowest BCUT2D eigenvalue weighted by atomic mass is 10.1. The Morgan fingerprint density at radius 2 is 1.85 bits per heavy atom. The maximum atomic E-state index is 4.34. The molecule has 1 aliphatic heterocycles. The first-order valence-electron chi connectivity index (χ1n) is 10.2. The number of H-pyrrole nitrogens is 1. The highest BCUT2D eigenvalue weighted by Gasteiger charge is 2.12. The van der Waals surface area contributed by atoms with E-state index in [9.17, 15) is 0 Å². The Labute approximate surface area is 163 Å². The third kappa shape index (κ3) is 5.97. The number of aromatic nitrogens is 1. The molecular formula is C21H34N6. The number of benzene rings is 1. The third-order valence-corrected chi connectivity index (χ3v) is 5.37. The summed E-state index contributed by atoms with van der Waals surface area (Å²) >= 11 is 0. The number of aromatic amines is 1. The van der Waals surface area contributed by atoms with Crippen molar-refractivity contribution in [1.82, 2.24) is 25.4 Å². The van der Waals surface area contributed by atoms with Crippen molar-refractivity contribution in [3.8, 4) is 0 Å². The fraction of sp³-hybridized carbons (Fsp3) is 0.571. The normalized spacial score (nSPS) is 16.7. The molecule has 27 heavy (non-hydrogen) atoms. The van der Waals surface area contributed by atoms with Gasteiger partial charge in [-0.25, -0.2) is 0 Å². The molecule has 6 nitrogen and oxygen atoms in total. The van der Waals surface area contributed by atoms with Crippen LogP contribution in [0.15, 0.2) is 35.5 Å². The van der Waals surface area contributed by atoms with Gasteiger partial charge in [-0.2, -0.15) is 0 Å². The van der Waals surface area contributed by atoms with Crippen LogP contribution in [0.2, 0.25) is 0 Å². The Morgan fingerprint density at radius 3 is 2.67 bits per heavy atom. The predicted octanol–water partition coefficient (Wildman–Crippen LogP) is 1.90. The molecule has 0 radical (unpaired) electrons. The van der Waals surface area contributed by atoms with Crippen LogP contribution in [0.3, 0.4) is 0 Å². The van der Waals surface area contributed by atoms with E-state index in [1.807, 2.05) is 7.05 Å². The minimum absolute atomic E-state index is 0.878. The highest BCUT2D eigenvalue weighted by atomic mass is 15.2. The van der Waals surface area contributed by atoms with Gasteiger partial charge in [0.05, 0.1) is 0 Å². The summed E-state index contributed by atoms with van der Waals surface area (Å²) in [6.07, 6.45) is 5.51. The van der Waals surface area contributed by atoms with Crippen LogP contribution < -0.4 is 10.6 Å². The predicted molar refractivity (Wildman–Crippen MR) is 115 cm³/mol. The Kier molecular flexibility index (Phi) is 7.54. The number of rotatable bonds is 8. The molecule has 1 fully saturated rings. The van der Waals surface area contributed by atoms with E-state index in [1.165, 1.54) is 62.0 Å². The number of piperazine rings is 1. The fourth-order valence-electron chi connectivity index (χ4n) is 3.61. The molecule has 148 valence electrons. The molecule has 0 aliphatic carbocycles. The number of likely N-dealkylation sites (N-methyl/N-ethyl adjacent to an activating group) is 1. The van der Waals surface area contributed by atoms with Crippen LogP contribution in [-0.4, -0.2) is 80.7 Å². The molecule has 0 unspecified atom stereocenters. The molecule has 2 aromatic rings. The van der Waals surface area contributed by atoms with Crippen molar-refractivity contribution in [3.05, 3.63) is 36.0 Å². The molecule has 0 spiro atoms. The molecule has 3 N–H and O–H groups in total. The number of hydrogen-bond donors (Lipinski definition) is 3. The highest BCUT2D eigenvalue weighted by molar-refractivity contribution is 5.83. The van der Waals surface area contributed by atoms with Gasteiger partial charge in [0.25, 0.3) is 0 Å². The van der Waals surface area contributed by atoms with E-state index in [-0.39, 0.29) is 0 Å². The Balaban J connectivity index is 1.29. The number of nitrogens with one attached hydrogen (secondary N) is 3. The summed E-state index contributed by atoms with van der Waals surface area (Å²) < 4.78 is 0. The number of hydrogen-bond acceptors (Lipinski definition) is 3. The average molecular weight is 371 g/mol. The minimum Gasteiger partial charge on any atom is -0.361 e. The lowest BCUT2D eigenvalue weighted by molar-refractivity contribution is 0.152. The monoisotopic (exact) mass is 370 g/mol. The van der Waals surface area contributed by atoms with Gasteiger partial charge in [-0.15, -0.1) is 0 Å². The zero-order chi connectivity index (χ0) is 18.9. The van der Waals surface area contributed by atoms with Crippen LogP contribution in [-0.2, 0) is 6.42 Å². The van der Waals surface area contributed by atoms with Crippen molar-refractivity contribution in [3.63, 3.8) is 0 Å². The highest BCUT2D eigenvalue weighted by Crippen LogP contribution is 2.17. The molecule has 0 amide bonds. The van der Waals surface area contributed by atoms with E-state index >= 15 is 0 Å². The lowest BCUT2D eigenvalue weighted by Crippen LogP contribution is -2.44. The van der Waals surface area contributed by atoms with Crippen LogP contribution in [0.4, 0.5) is 0 Å². The van der Waals surface area contributed by atoms with Crippen molar-refractivity contribution in [1.29, 1.82) is 0 Å². The molecule has 1 saturated heterocycles. The largest absolute Gasteiger partial charge is 0.361 e. The number of unbranched alkanes of at least 4 members (excludes halogenated alkanes) is 1. The van der Waals surface area contributed by atoms with Gasteiger partial charge in [-0.1, -0.05) is 18.2 Å². The molecule has 1 aromatic heterocycles. The van der Waals surface area contributed by atoms with Gasteiger partial charge in [-0.3, -0.25) is 4.99 Å². The van der Waals surface area contributed by atoms with Crippen LogP contribution in [0.25, 0.3) is 10.9 Å². The van der Waals surface area contributed by atoms with Crippen LogP contribution >= 0.6 is 0 Å². The van der Waals surface area contributed by atoms with Gasteiger partial charge < -0.3 is 25.4 Å². The standard InChI is InChI=1S/C21H34N6/c1-22-21(23-10-5-6-12-27-15-13-26(2)14-16-27)24-11-9-18-17-25-20-8-4-3-7-19(18)20/h3-4,7-8,17,25H,5-6,9-16H2,1-2H3,(H2,22,23,24). The smallest absolute Gasteiger partial charge is 0.190 e. The average Bonchev–Trinajstić information content (AvgIpc) is 3.11. The van der Waals surface area contributed by atoms with Crippen molar-refractivity contribution in [2.75, 3.05) is 59.9 Å². The number of guanidine groups is 1. The molecule has 0 saturated carbocycles. The fourth-order valence-corrected chi connectivity index (χ4v) is 3.61. The lowest BCUT2D eigenvalue weighted by Gasteiger charge is -2.32. The first-order chi connectivity index (χ1) is 13.3. The summed E-state index contributed by atoms with van der Waals surface area (Å²) in [6, 6.07) is 8.45. The van der Waals surface area contributed by atoms with Crippen LogP contribution in [0.5, 0.6) is 0 Å². The minimum atomic E-state index is 0.878. The molecule has 1 aliphatic rings. The maximum absolute atomic E-state index is 4.34. The molecule has 0 atom stereocenters. The second-order valence-electron chi connectivity index (χ2n) is 7.39. The Morgan fingerprint density at radius 1 is 1.07 bits per heavy atom. The number of aliphatic imine (C=N–C) groups is 1. The van der Waals surface area contributed by atoms with Crippen LogP contribution in [0, 0.1) is 0 Å². The van der Waals surface area contributed by atoms with Crippen molar-refractivity contribution < 1.29 is 0 Å². The second-order valence-corrected chi connectivity index (χ2v) is 7.39. The van der Waals surface area contributed by atoms with Gasteiger partial charge in [0.1, 0.15) is 0 Å². The van der Waals surface area contributed by atoms with Gasteiger partial charge in [-0.05, 0) is 44.5 Å². The summed E-state index contributed by atoms with van der Waals surface area (Å²) in [6.45, 7) is 7.88. The molecule has 2 heterocycles. The third-order valence-electron chi connectivity index (χ3n) is 5.37. The van der Waals surface area contributed by atoms with E-state index in [4.69, 9.17) is 0 Å². The second kappa shape index (κ2) is 10.3.